The highest BCUT2D eigenvalue weighted by Gasteiger charge is 2.24. The molecule has 0 aliphatic carbocycles. The quantitative estimate of drug-likeness (QED) is 0.424. The molecule has 8 nitrogen and oxygen atoms in total. The maximum atomic E-state index is 12.5. The third kappa shape index (κ3) is 7.66. The van der Waals surface area contributed by atoms with Gasteiger partial charge in [0.25, 0.3) is 0 Å². The van der Waals surface area contributed by atoms with Crippen molar-refractivity contribution in [3.63, 3.8) is 0 Å². The maximum Gasteiger partial charge on any atom is 0.328 e. The maximum absolute atomic E-state index is 12.5. The highest BCUT2D eigenvalue weighted by atomic mass is 16.6. The third-order valence-corrected chi connectivity index (χ3v) is 4.85. The van der Waals surface area contributed by atoms with Crippen LogP contribution in [0.1, 0.15) is 47.0 Å². The van der Waals surface area contributed by atoms with Crippen molar-refractivity contribution in [1.82, 2.24) is 20.0 Å². The minimum atomic E-state index is -0.503. The predicted molar refractivity (Wildman–Crippen MR) is 110 cm³/mol. The van der Waals surface area contributed by atoms with Gasteiger partial charge in [-0.05, 0) is 47.0 Å². The van der Waals surface area contributed by atoms with Crippen LogP contribution in [0.3, 0.4) is 0 Å². The van der Waals surface area contributed by atoms with E-state index in [4.69, 9.17) is 4.74 Å². The number of guanidine groups is 1. The lowest BCUT2D eigenvalue weighted by atomic mass is 10.1. The van der Waals surface area contributed by atoms with Crippen LogP contribution in [-0.4, -0.2) is 97.0 Å². The first-order valence-electron chi connectivity index (χ1n) is 10.5. The Morgan fingerprint density at radius 2 is 1.61 bits per heavy atom. The summed E-state index contributed by atoms with van der Waals surface area (Å²) in [6.07, 6.45) is 3.48. The van der Waals surface area contributed by atoms with Crippen LogP contribution in [0.2, 0.25) is 0 Å². The molecule has 0 spiro atoms. The normalized spacial score (nSPS) is 19.5. The lowest BCUT2D eigenvalue weighted by Crippen LogP contribution is -2.54. The van der Waals surface area contributed by atoms with Crippen LogP contribution >= 0.6 is 0 Å². The molecule has 160 valence electrons. The first-order chi connectivity index (χ1) is 13.3. The number of piperazine rings is 1. The van der Waals surface area contributed by atoms with Crippen LogP contribution in [0, 0.1) is 0 Å². The predicted octanol–water partition coefficient (Wildman–Crippen LogP) is 0.924. The van der Waals surface area contributed by atoms with E-state index in [9.17, 15) is 9.59 Å². The molecule has 2 saturated heterocycles. The van der Waals surface area contributed by atoms with Gasteiger partial charge in [-0.15, -0.1) is 0 Å². The molecule has 2 fully saturated rings. The Morgan fingerprint density at radius 1 is 0.964 bits per heavy atom. The summed E-state index contributed by atoms with van der Waals surface area (Å²) in [5, 5.41) is 3.25. The van der Waals surface area contributed by atoms with E-state index in [2.05, 4.69) is 20.1 Å². The number of amides is 1. The fourth-order valence-corrected chi connectivity index (χ4v) is 3.49. The summed E-state index contributed by atoms with van der Waals surface area (Å²) < 4.78 is 5.33. The number of rotatable bonds is 5. The summed E-state index contributed by atoms with van der Waals surface area (Å²) in [6.45, 7) is 13.8. The average molecular weight is 396 g/mol. The number of esters is 1. The van der Waals surface area contributed by atoms with Crippen molar-refractivity contribution in [2.24, 2.45) is 4.99 Å². The molecule has 0 atom stereocenters. The number of aliphatic imine (C=N–C) groups is 1. The molecule has 1 amide bonds. The van der Waals surface area contributed by atoms with Gasteiger partial charge in [-0.2, -0.15) is 0 Å². The Labute approximate surface area is 169 Å². The standard InChI is InChI=1S/C20H37N5O3/c1-5-21-19(22-15-18(27)28-20(2,3)4)25-13-11-23(12-14-25)16-17(26)24-9-7-6-8-10-24/h5-16H2,1-4H3,(H,21,22). The van der Waals surface area contributed by atoms with E-state index in [0.29, 0.717) is 6.54 Å². The number of carbonyl (C=O) groups is 2. The van der Waals surface area contributed by atoms with Crippen molar-refractivity contribution in [1.29, 1.82) is 0 Å². The fourth-order valence-electron chi connectivity index (χ4n) is 3.49. The molecule has 0 aromatic heterocycles. The summed E-state index contributed by atoms with van der Waals surface area (Å²) in [7, 11) is 0. The minimum Gasteiger partial charge on any atom is -0.459 e. The summed E-state index contributed by atoms with van der Waals surface area (Å²) in [4.78, 5) is 35.2. The molecule has 2 rings (SSSR count). The number of carbonyl (C=O) groups excluding carboxylic acids is 2. The Kier molecular flexibility index (Phi) is 8.54. The Hall–Kier alpha value is -1.83. The number of nitrogens with one attached hydrogen (secondary N) is 1. The Balaban J connectivity index is 1.81. The van der Waals surface area contributed by atoms with Crippen molar-refractivity contribution in [2.75, 3.05) is 58.9 Å². The first-order valence-corrected chi connectivity index (χ1v) is 10.5. The van der Waals surface area contributed by atoms with E-state index in [1.54, 1.807) is 0 Å². The largest absolute Gasteiger partial charge is 0.459 e. The molecule has 2 heterocycles. The highest BCUT2D eigenvalue weighted by molar-refractivity contribution is 5.83. The highest BCUT2D eigenvalue weighted by Crippen LogP contribution is 2.11. The molecule has 0 saturated carbocycles. The molecular weight excluding hydrogens is 358 g/mol. The molecule has 2 aliphatic heterocycles. The lowest BCUT2D eigenvalue weighted by molar-refractivity contribution is -0.152. The number of ether oxygens (including phenoxy) is 1. The molecular formula is C20H37N5O3. The summed E-state index contributed by atoms with van der Waals surface area (Å²) in [6, 6.07) is 0. The van der Waals surface area contributed by atoms with Crippen LogP contribution in [-0.2, 0) is 14.3 Å². The van der Waals surface area contributed by atoms with Crippen molar-refractivity contribution < 1.29 is 14.3 Å². The van der Waals surface area contributed by atoms with E-state index in [1.807, 2.05) is 32.6 Å². The van der Waals surface area contributed by atoms with Gasteiger partial charge in [0.05, 0.1) is 6.54 Å². The topological polar surface area (TPSA) is 77.5 Å². The molecule has 0 aromatic carbocycles. The molecule has 28 heavy (non-hydrogen) atoms. The van der Waals surface area contributed by atoms with Gasteiger partial charge < -0.3 is 19.9 Å². The van der Waals surface area contributed by atoms with E-state index < -0.39 is 5.60 Å². The van der Waals surface area contributed by atoms with Gasteiger partial charge in [0.1, 0.15) is 12.1 Å². The van der Waals surface area contributed by atoms with E-state index in [0.717, 1.165) is 64.6 Å². The van der Waals surface area contributed by atoms with Crippen LogP contribution in [0.25, 0.3) is 0 Å². The Morgan fingerprint density at radius 3 is 2.18 bits per heavy atom. The van der Waals surface area contributed by atoms with Crippen molar-refractivity contribution in [3.05, 3.63) is 0 Å². The van der Waals surface area contributed by atoms with Gasteiger partial charge >= 0.3 is 5.97 Å². The van der Waals surface area contributed by atoms with Gasteiger partial charge in [-0.25, -0.2) is 4.99 Å². The van der Waals surface area contributed by atoms with Crippen LogP contribution in [0.5, 0.6) is 0 Å². The molecule has 1 N–H and O–H groups in total. The number of nitrogens with zero attached hydrogens (tertiary/aromatic N) is 4. The summed E-state index contributed by atoms with van der Waals surface area (Å²) >= 11 is 0. The van der Waals surface area contributed by atoms with E-state index in [-0.39, 0.29) is 18.4 Å². The first kappa shape index (κ1) is 22.5. The number of likely N-dealkylation sites (tertiary alicyclic amines) is 1. The zero-order valence-electron chi connectivity index (χ0n) is 18.0. The third-order valence-electron chi connectivity index (χ3n) is 4.85. The van der Waals surface area contributed by atoms with E-state index >= 15 is 0 Å². The summed E-state index contributed by atoms with van der Waals surface area (Å²) in [5.41, 5.74) is -0.503. The van der Waals surface area contributed by atoms with Crippen LogP contribution < -0.4 is 5.32 Å². The number of hydrogen-bond acceptors (Lipinski definition) is 5. The fraction of sp³-hybridized carbons (Fsp3) is 0.850. The number of hydrogen-bond donors (Lipinski definition) is 1. The second-order valence-electron chi connectivity index (χ2n) is 8.46. The summed E-state index contributed by atoms with van der Waals surface area (Å²) in [5.74, 6) is 0.655. The zero-order valence-corrected chi connectivity index (χ0v) is 18.0. The van der Waals surface area contributed by atoms with E-state index in [1.165, 1.54) is 6.42 Å². The zero-order chi connectivity index (χ0) is 20.6. The second kappa shape index (κ2) is 10.6. The molecule has 0 unspecified atom stereocenters. The van der Waals surface area contributed by atoms with Gasteiger partial charge in [0.15, 0.2) is 5.96 Å². The molecule has 0 aromatic rings. The van der Waals surface area contributed by atoms with Gasteiger partial charge in [0, 0.05) is 45.8 Å². The van der Waals surface area contributed by atoms with Gasteiger partial charge in [-0.1, -0.05) is 0 Å². The van der Waals surface area contributed by atoms with Crippen LogP contribution in [0.15, 0.2) is 4.99 Å². The molecule has 0 radical (unpaired) electrons. The molecule has 2 aliphatic rings. The molecule has 8 heteroatoms. The van der Waals surface area contributed by atoms with Crippen molar-refractivity contribution in [2.45, 2.75) is 52.6 Å². The average Bonchev–Trinajstić information content (AvgIpc) is 2.65. The van der Waals surface area contributed by atoms with Crippen LogP contribution in [0.4, 0.5) is 0 Å². The SMILES string of the molecule is CCNC(=NCC(=O)OC(C)(C)C)N1CCN(CC(=O)N2CCCCC2)CC1. The molecule has 0 bridgehead atoms. The Bertz CT molecular complexity index is 545. The number of piperidine rings is 1. The van der Waals surface area contributed by atoms with Crippen molar-refractivity contribution in [3.8, 4) is 0 Å². The van der Waals surface area contributed by atoms with Gasteiger partial charge in [-0.3, -0.25) is 14.5 Å². The van der Waals surface area contributed by atoms with Gasteiger partial charge in [0.2, 0.25) is 5.91 Å². The second-order valence-corrected chi connectivity index (χ2v) is 8.46. The minimum absolute atomic E-state index is 0.00721. The lowest BCUT2D eigenvalue weighted by Gasteiger charge is -2.37. The van der Waals surface area contributed by atoms with Crippen molar-refractivity contribution >= 4 is 17.8 Å². The monoisotopic (exact) mass is 395 g/mol. The smallest absolute Gasteiger partial charge is 0.328 e.